The first-order valence-corrected chi connectivity index (χ1v) is 6.29. The molecule has 0 atom stereocenters. The number of fused-ring (bicyclic) bond motifs is 1. The van der Waals surface area contributed by atoms with E-state index in [4.69, 9.17) is 0 Å². The van der Waals surface area contributed by atoms with Crippen LogP contribution in [0.25, 0.3) is 5.65 Å². The smallest absolute Gasteiger partial charge is 0.155 e. The molecule has 0 unspecified atom stereocenters. The van der Waals surface area contributed by atoms with E-state index in [-0.39, 0.29) is 0 Å². The summed E-state index contributed by atoms with van der Waals surface area (Å²) in [5.74, 6) is 0. The number of aromatic nitrogens is 3. The number of hydrogen-bond acceptors (Lipinski definition) is 4. The lowest BCUT2D eigenvalue weighted by molar-refractivity contribution is 0.399. The van der Waals surface area contributed by atoms with E-state index >= 15 is 0 Å². The van der Waals surface area contributed by atoms with Gasteiger partial charge in [0.2, 0.25) is 0 Å². The number of nitrogens with zero attached hydrogens (tertiary/aromatic N) is 4. The molecule has 0 saturated carbocycles. The zero-order chi connectivity index (χ0) is 12.3. The van der Waals surface area contributed by atoms with Gasteiger partial charge in [0.05, 0.1) is 18.1 Å². The average molecular weight is 298 g/mol. The molecule has 0 aromatic carbocycles. The van der Waals surface area contributed by atoms with Gasteiger partial charge in [0.25, 0.3) is 0 Å². The Bertz CT molecular complexity index is 494. The van der Waals surface area contributed by atoms with Crippen molar-refractivity contribution >= 4 is 21.6 Å². The molecular formula is C11H16BrN5. The van der Waals surface area contributed by atoms with Crippen molar-refractivity contribution in [1.82, 2.24) is 24.6 Å². The molecule has 6 heteroatoms. The van der Waals surface area contributed by atoms with Crippen LogP contribution >= 0.6 is 15.9 Å². The van der Waals surface area contributed by atoms with Gasteiger partial charge in [0.1, 0.15) is 4.60 Å². The molecule has 0 fully saturated rings. The van der Waals surface area contributed by atoms with Crippen molar-refractivity contribution in [2.45, 2.75) is 6.54 Å². The molecule has 0 amide bonds. The molecule has 2 aromatic heterocycles. The third-order valence-electron chi connectivity index (χ3n) is 2.48. The van der Waals surface area contributed by atoms with E-state index in [9.17, 15) is 0 Å². The van der Waals surface area contributed by atoms with Crippen molar-refractivity contribution in [2.75, 3.05) is 27.2 Å². The number of nitrogens with one attached hydrogen (secondary N) is 1. The maximum Gasteiger partial charge on any atom is 0.155 e. The second kappa shape index (κ2) is 5.57. The van der Waals surface area contributed by atoms with Crippen LogP contribution in [0.2, 0.25) is 0 Å². The average Bonchev–Trinajstić information content (AvgIpc) is 2.67. The van der Waals surface area contributed by atoms with Crippen molar-refractivity contribution in [3.8, 4) is 0 Å². The minimum atomic E-state index is 0.811. The van der Waals surface area contributed by atoms with Gasteiger partial charge in [-0.3, -0.25) is 4.40 Å². The van der Waals surface area contributed by atoms with Crippen molar-refractivity contribution in [3.05, 3.63) is 28.9 Å². The molecule has 92 valence electrons. The van der Waals surface area contributed by atoms with Gasteiger partial charge < -0.3 is 10.2 Å². The third-order valence-corrected chi connectivity index (χ3v) is 2.89. The largest absolute Gasteiger partial charge is 0.310 e. The summed E-state index contributed by atoms with van der Waals surface area (Å²) in [6.45, 7) is 2.81. The van der Waals surface area contributed by atoms with Crippen LogP contribution in [-0.2, 0) is 6.54 Å². The topological polar surface area (TPSA) is 45.5 Å². The van der Waals surface area contributed by atoms with Gasteiger partial charge in [-0.15, -0.1) is 0 Å². The van der Waals surface area contributed by atoms with Crippen LogP contribution in [0, 0.1) is 0 Å². The Morgan fingerprint density at radius 1 is 1.35 bits per heavy atom. The molecule has 0 aliphatic rings. The van der Waals surface area contributed by atoms with E-state index in [1.165, 1.54) is 0 Å². The van der Waals surface area contributed by atoms with Gasteiger partial charge in [0, 0.05) is 25.8 Å². The highest BCUT2D eigenvalue weighted by molar-refractivity contribution is 9.10. The first-order chi connectivity index (χ1) is 8.16. The molecule has 0 aliphatic heterocycles. The van der Waals surface area contributed by atoms with Crippen LogP contribution in [0.5, 0.6) is 0 Å². The Morgan fingerprint density at radius 3 is 2.94 bits per heavy atom. The van der Waals surface area contributed by atoms with Crippen molar-refractivity contribution in [3.63, 3.8) is 0 Å². The quantitative estimate of drug-likeness (QED) is 0.841. The molecule has 2 aromatic rings. The summed E-state index contributed by atoms with van der Waals surface area (Å²) in [6, 6.07) is 0. The highest BCUT2D eigenvalue weighted by Crippen LogP contribution is 2.10. The Hall–Kier alpha value is -0.980. The Balaban J connectivity index is 2.01. The zero-order valence-electron chi connectivity index (χ0n) is 10.0. The van der Waals surface area contributed by atoms with E-state index < -0.39 is 0 Å². The number of halogens is 1. The Morgan fingerprint density at radius 2 is 2.18 bits per heavy atom. The van der Waals surface area contributed by atoms with E-state index in [1.54, 1.807) is 6.20 Å². The summed E-state index contributed by atoms with van der Waals surface area (Å²) in [6.07, 6.45) is 5.57. The maximum absolute atomic E-state index is 4.30. The van der Waals surface area contributed by atoms with Gasteiger partial charge >= 0.3 is 0 Å². The van der Waals surface area contributed by atoms with Crippen LogP contribution in [0.4, 0.5) is 0 Å². The van der Waals surface area contributed by atoms with Crippen molar-refractivity contribution < 1.29 is 0 Å². The van der Waals surface area contributed by atoms with Gasteiger partial charge in [-0.2, -0.15) is 0 Å². The maximum atomic E-state index is 4.30. The molecule has 2 heterocycles. The van der Waals surface area contributed by atoms with Crippen molar-refractivity contribution in [1.29, 1.82) is 0 Å². The first kappa shape index (κ1) is 12.5. The molecule has 17 heavy (non-hydrogen) atoms. The first-order valence-electron chi connectivity index (χ1n) is 5.50. The fraction of sp³-hybridized carbons (Fsp3) is 0.455. The summed E-state index contributed by atoms with van der Waals surface area (Å²) < 4.78 is 2.86. The fourth-order valence-electron chi connectivity index (χ4n) is 1.57. The van der Waals surface area contributed by atoms with Gasteiger partial charge in [-0.05, 0) is 30.0 Å². The molecule has 2 rings (SSSR count). The molecule has 0 aliphatic carbocycles. The van der Waals surface area contributed by atoms with Crippen LogP contribution in [0.3, 0.4) is 0 Å². The van der Waals surface area contributed by atoms with Gasteiger partial charge in [-0.1, -0.05) is 0 Å². The Labute approximate surface area is 109 Å². The minimum Gasteiger partial charge on any atom is -0.310 e. The molecule has 0 radical (unpaired) electrons. The summed E-state index contributed by atoms with van der Waals surface area (Å²) in [4.78, 5) is 10.6. The number of likely N-dealkylation sites (N-methyl/N-ethyl adjacent to an activating group) is 1. The summed E-state index contributed by atoms with van der Waals surface area (Å²) in [5, 5.41) is 3.39. The lowest BCUT2D eigenvalue weighted by Gasteiger charge is -2.10. The fourth-order valence-corrected chi connectivity index (χ4v) is 1.87. The van der Waals surface area contributed by atoms with Gasteiger partial charge in [0.15, 0.2) is 5.65 Å². The van der Waals surface area contributed by atoms with E-state index in [0.717, 1.165) is 35.6 Å². The number of rotatable bonds is 5. The highest BCUT2D eigenvalue weighted by Gasteiger charge is 2.03. The number of hydrogen-bond donors (Lipinski definition) is 1. The molecular weight excluding hydrogens is 282 g/mol. The summed E-state index contributed by atoms with van der Waals surface area (Å²) in [7, 11) is 4.14. The number of imidazole rings is 1. The molecule has 0 bridgehead atoms. The van der Waals surface area contributed by atoms with Crippen LogP contribution in [0.1, 0.15) is 5.69 Å². The molecule has 0 saturated heterocycles. The predicted molar refractivity (Wildman–Crippen MR) is 70.9 cm³/mol. The molecule has 0 spiro atoms. The monoisotopic (exact) mass is 297 g/mol. The van der Waals surface area contributed by atoms with Crippen molar-refractivity contribution in [2.24, 2.45) is 0 Å². The minimum absolute atomic E-state index is 0.811. The van der Waals surface area contributed by atoms with E-state index in [0.29, 0.717) is 0 Å². The van der Waals surface area contributed by atoms with Crippen LogP contribution in [-0.4, -0.2) is 46.5 Å². The van der Waals surface area contributed by atoms with E-state index in [2.05, 4.69) is 50.2 Å². The molecule has 5 nitrogen and oxygen atoms in total. The summed E-state index contributed by atoms with van der Waals surface area (Å²) in [5.41, 5.74) is 2.01. The third kappa shape index (κ3) is 3.24. The second-order valence-electron chi connectivity index (χ2n) is 4.17. The Kier molecular flexibility index (Phi) is 4.09. The standard InChI is InChI=1S/C11H16BrN5/c1-16(2)4-3-13-5-9-6-15-11-7-14-10(12)8-17(9)11/h6-8,13H,3-5H2,1-2H3. The SMILES string of the molecule is CN(C)CCNCc1cnc2cnc(Br)cn12. The molecule has 1 N–H and O–H groups in total. The lowest BCUT2D eigenvalue weighted by atomic mass is 10.4. The van der Waals surface area contributed by atoms with E-state index in [1.807, 2.05) is 16.8 Å². The zero-order valence-corrected chi connectivity index (χ0v) is 11.6. The summed E-state index contributed by atoms with van der Waals surface area (Å²) >= 11 is 3.37. The lowest BCUT2D eigenvalue weighted by Crippen LogP contribution is -2.26. The predicted octanol–water partition coefficient (Wildman–Crippen LogP) is 1.14. The second-order valence-corrected chi connectivity index (χ2v) is 4.98. The van der Waals surface area contributed by atoms with Gasteiger partial charge in [-0.25, -0.2) is 9.97 Å². The normalized spacial score (nSPS) is 11.5. The highest BCUT2D eigenvalue weighted by atomic mass is 79.9. The van der Waals surface area contributed by atoms with Crippen LogP contribution < -0.4 is 5.32 Å². The van der Waals surface area contributed by atoms with Crippen LogP contribution in [0.15, 0.2) is 23.2 Å².